The number of ether oxygens (including phenoxy) is 3. The zero-order valence-corrected chi connectivity index (χ0v) is 30.1. The van der Waals surface area contributed by atoms with Crippen LogP contribution in [0, 0.1) is 0 Å². The van der Waals surface area contributed by atoms with E-state index in [0.29, 0.717) is 19.8 Å². The minimum atomic E-state index is -1.10. The van der Waals surface area contributed by atoms with Crippen LogP contribution in [0.4, 0.5) is 0 Å². The van der Waals surface area contributed by atoms with Crippen LogP contribution in [0.25, 0.3) is 0 Å². The van der Waals surface area contributed by atoms with Gasteiger partial charge in [-0.15, -0.1) is 0 Å². The van der Waals surface area contributed by atoms with Gasteiger partial charge in [-0.25, -0.2) is 14.4 Å². The minimum Gasteiger partial charge on any atom is -0.487 e. The summed E-state index contributed by atoms with van der Waals surface area (Å²) in [6.07, 6.45) is 23.7. The summed E-state index contributed by atoms with van der Waals surface area (Å²) in [5.41, 5.74) is 0. The number of unbranched alkanes of at least 4 members (excludes halogenated alkanes) is 15. The molecule has 0 radical (unpaired) electrons. The lowest BCUT2D eigenvalue weighted by Gasteiger charge is -2.03. The third-order valence-electron chi connectivity index (χ3n) is 5.88. The van der Waals surface area contributed by atoms with Crippen LogP contribution < -0.4 is 0 Å². The molecule has 254 valence electrons. The predicted octanol–water partition coefficient (Wildman–Crippen LogP) is 7.90. The Hall–Kier alpha value is -2.75. The number of carbonyl (C=O) groups is 3. The molecule has 9 nitrogen and oxygen atoms in total. The molecule has 10 heteroatoms. The van der Waals surface area contributed by atoms with Crippen molar-refractivity contribution in [1.82, 2.24) is 0 Å². The molecule has 0 heterocycles. The Labute approximate surface area is 265 Å². The quantitative estimate of drug-likeness (QED) is 0.0396. The van der Waals surface area contributed by atoms with Crippen molar-refractivity contribution in [2.24, 2.45) is 0 Å². The Balaban J connectivity index is -0.000000263. The van der Waals surface area contributed by atoms with Crippen LogP contribution in [0.1, 0.15) is 130 Å². The monoisotopic (exact) mass is 632 g/mol. The summed E-state index contributed by atoms with van der Waals surface area (Å²) in [5.74, 6) is -3.92. The first-order valence-corrected chi connectivity index (χ1v) is 17.5. The van der Waals surface area contributed by atoms with E-state index in [9.17, 15) is 14.4 Å². The molecule has 0 unspecified atom stereocenters. The van der Waals surface area contributed by atoms with E-state index in [1.807, 2.05) is 0 Å². The number of aliphatic carboxylic acids is 3. The molecule has 43 heavy (non-hydrogen) atoms. The smallest absolute Gasteiger partial charge is 0.370 e. The highest BCUT2D eigenvalue weighted by Gasteiger charge is 2.02. The van der Waals surface area contributed by atoms with Crippen molar-refractivity contribution < 1.29 is 43.9 Å². The van der Waals surface area contributed by atoms with Gasteiger partial charge in [-0.05, 0) is 40.5 Å². The van der Waals surface area contributed by atoms with Gasteiger partial charge in [0.2, 0.25) is 0 Å². The molecule has 0 aromatic carbocycles. The van der Waals surface area contributed by atoms with E-state index in [1.54, 1.807) is 20.8 Å². The molecule has 0 aromatic rings. The molecule has 0 aliphatic heterocycles. The van der Waals surface area contributed by atoms with E-state index >= 15 is 0 Å². The molecule has 3 N–H and O–H groups in total. The number of hydrogen-bond donors (Lipinski definition) is 3. The largest absolute Gasteiger partial charge is 0.487 e. The lowest BCUT2D eigenvalue weighted by molar-refractivity contribution is -0.137. The summed E-state index contributed by atoms with van der Waals surface area (Å²) in [7, 11) is 1.41. The van der Waals surface area contributed by atoms with Crippen molar-refractivity contribution in [3.8, 4) is 0 Å². The summed E-state index contributed by atoms with van der Waals surface area (Å²) >= 11 is 0. The SMILES string of the molecule is C=C(OCC)C(=O)O.C=C(OCC)C(=O)O.C=C(OCC)C(=O)O.CCCCCCCCCCCCCCCCCC[SiH3]. The van der Waals surface area contributed by atoms with Crippen LogP contribution in [0.3, 0.4) is 0 Å². The zero-order valence-electron chi connectivity index (χ0n) is 28.1. The van der Waals surface area contributed by atoms with Gasteiger partial charge in [0.1, 0.15) is 0 Å². The molecule has 0 rings (SSSR count). The van der Waals surface area contributed by atoms with Crippen LogP contribution in [-0.2, 0) is 28.6 Å². The number of hydrogen-bond acceptors (Lipinski definition) is 6. The second kappa shape index (κ2) is 39.2. The number of rotatable bonds is 25. The summed E-state index contributed by atoms with van der Waals surface area (Å²) in [6, 6.07) is 1.51. The van der Waals surface area contributed by atoms with Crippen molar-refractivity contribution in [2.45, 2.75) is 136 Å². The van der Waals surface area contributed by atoms with Crippen molar-refractivity contribution in [3.05, 3.63) is 37.0 Å². The van der Waals surface area contributed by atoms with Crippen LogP contribution in [0.15, 0.2) is 37.0 Å². The van der Waals surface area contributed by atoms with E-state index in [-0.39, 0.29) is 17.3 Å². The highest BCUT2D eigenvalue weighted by molar-refractivity contribution is 6.08. The van der Waals surface area contributed by atoms with Gasteiger partial charge < -0.3 is 29.5 Å². The molecule has 0 aliphatic carbocycles. The van der Waals surface area contributed by atoms with Crippen LogP contribution >= 0.6 is 0 Å². The molecular formula is C33H64O9Si. The highest BCUT2D eigenvalue weighted by atomic mass is 28.1. The highest BCUT2D eigenvalue weighted by Crippen LogP contribution is 2.13. The topological polar surface area (TPSA) is 140 Å². The average molecular weight is 633 g/mol. The summed E-state index contributed by atoms with van der Waals surface area (Å²) in [5, 5.41) is 24.3. The fourth-order valence-electron chi connectivity index (χ4n) is 3.51. The molecule has 0 amide bonds. The first kappa shape index (κ1) is 47.2. The van der Waals surface area contributed by atoms with Crippen molar-refractivity contribution >= 4 is 28.2 Å². The standard InChI is InChI=1S/C18H40Si.3C5H8O3/c1-2-3-4-5-6-7-8-9-10-11-12-13-14-15-16-17-18-19;3*1-3-8-4(2)5(6)7/h2-18H2,1,19H3;3*2-3H2,1H3,(H,6,7). The molecule has 0 aliphatic rings. The van der Waals surface area contributed by atoms with Gasteiger partial charge in [0.25, 0.3) is 0 Å². The second-order valence-corrected chi connectivity index (χ2v) is 10.8. The molecular weight excluding hydrogens is 568 g/mol. The van der Waals surface area contributed by atoms with Gasteiger partial charge in [-0.3, -0.25) is 0 Å². The first-order valence-electron chi connectivity index (χ1n) is 16.1. The lowest BCUT2D eigenvalue weighted by atomic mass is 10.0. The molecule has 0 saturated heterocycles. The summed E-state index contributed by atoms with van der Waals surface area (Å²) in [4.78, 5) is 29.6. The van der Waals surface area contributed by atoms with E-state index in [2.05, 4.69) is 40.9 Å². The minimum absolute atomic E-state index is 0.201. The van der Waals surface area contributed by atoms with Gasteiger partial charge >= 0.3 is 17.9 Å². The van der Waals surface area contributed by atoms with Gasteiger partial charge in [0.05, 0.1) is 19.8 Å². The molecule has 0 fully saturated rings. The van der Waals surface area contributed by atoms with Crippen LogP contribution in [0.2, 0.25) is 6.04 Å². The van der Waals surface area contributed by atoms with Crippen molar-refractivity contribution in [3.63, 3.8) is 0 Å². The first-order chi connectivity index (χ1) is 20.5. The van der Waals surface area contributed by atoms with Crippen molar-refractivity contribution in [2.75, 3.05) is 19.8 Å². The Kier molecular flexibility index (Phi) is 43.1. The Morgan fingerprint density at radius 1 is 0.465 bits per heavy atom. The zero-order chi connectivity index (χ0) is 33.7. The maximum absolute atomic E-state index is 9.86. The molecule has 0 bridgehead atoms. The fourth-order valence-corrected chi connectivity index (χ4v) is 4.01. The second-order valence-electron chi connectivity index (χ2n) is 9.79. The Morgan fingerprint density at radius 3 is 0.814 bits per heavy atom. The maximum Gasteiger partial charge on any atom is 0.370 e. The normalized spacial score (nSPS) is 9.49. The van der Waals surface area contributed by atoms with E-state index in [4.69, 9.17) is 15.3 Å². The molecule has 0 spiro atoms. The third kappa shape index (κ3) is 46.4. The average Bonchev–Trinajstić information content (AvgIpc) is 2.96. The number of carboxylic acid groups (broad SMARTS) is 3. The maximum atomic E-state index is 9.86. The van der Waals surface area contributed by atoms with Gasteiger partial charge in [0, 0.05) is 10.2 Å². The van der Waals surface area contributed by atoms with Crippen molar-refractivity contribution in [1.29, 1.82) is 0 Å². The Morgan fingerprint density at radius 2 is 0.674 bits per heavy atom. The van der Waals surface area contributed by atoms with Gasteiger partial charge in [0.15, 0.2) is 17.3 Å². The fraction of sp³-hybridized carbons (Fsp3) is 0.727. The molecule has 0 saturated carbocycles. The summed E-state index contributed by atoms with van der Waals surface area (Å²) in [6.45, 7) is 17.8. The molecule has 0 aromatic heterocycles. The van der Waals surface area contributed by atoms with E-state index < -0.39 is 17.9 Å². The Bertz CT molecular complexity index is 626. The van der Waals surface area contributed by atoms with E-state index in [0.717, 1.165) is 0 Å². The van der Waals surface area contributed by atoms with Gasteiger partial charge in [-0.1, -0.05) is 116 Å². The predicted molar refractivity (Wildman–Crippen MR) is 179 cm³/mol. The third-order valence-corrected chi connectivity index (χ3v) is 6.59. The summed E-state index contributed by atoms with van der Waals surface area (Å²) < 4.78 is 13.5. The number of carboxylic acids is 3. The van der Waals surface area contributed by atoms with Gasteiger partial charge in [-0.2, -0.15) is 0 Å². The molecule has 0 atom stereocenters. The van der Waals surface area contributed by atoms with E-state index in [1.165, 1.54) is 119 Å². The lowest BCUT2D eigenvalue weighted by Crippen LogP contribution is -2.02. The van der Waals surface area contributed by atoms with Crippen LogP contribution in [0.5, 0.6) is 0 Å². The van der Waals surface area contributed by atoms with Crippen LogP contribution in [-0.4, -0.2) is 63.3 Å².